The number of rotatable bonds is 2. The first-order chi connectivity index (χ1) is 12.1. The highest BCUT2D eigenvalue weighted by Gasteiger charge is 2.50. The van der Waals surface area contributed by atoms with Crippen molar-refractivity contribution in [2.24, 2.45) is 5.41 Å². The first kappa shape index (κ1) is 16.0. The molecule has 8 nitrogen and oxygen atoms in total. The summed E-state index contributed by atoms with van der Waals surface area (Å²) in [7, 11) is 0. The molecule has 2 saturated heterocycles. The van der Waals surface area contributed by atoms with Crippen LogP contribution in [0.4, 0.5) is 5.82 Å². The van der Waals surface area contributed by atoms with Gasteiger partial charge in [0.2, 0.25) is 5.91 Å². The van der Waals surface area contributed by atoms with E-state index in [1.807, 2.05) is 12.1 Å². The summed E-state index contributed by atoms with van der Waals surface area (Å²) in [6, 6.07) is 3.77. The van der Waals surface area contributed by atoms with Crippen molar-refractivity contribution in [1.29, 1.82) is 0 Å². The van der Waals surface area contributed by atoms with Crippen molar-refractivity contribution in [2.75, 3.05) is 24.5 Å². The van der Waals surface area contributed by atoms with Gasteiger partial charge < -0.3 is 19.8 Å². The third-order valence-corrected chi connectivity index (χ3v) is 5.17. The fourth-order valence-corrected chi connectivity index (χ4v) is 3.75. The summed E-state index contributed by atoms with van der Waals surface area (Å²) >= 11 is 0. The standard InChI is InChI=1S/C17H21N5O3/c1-11-20-15(25-21-11)12-3-4-14(19-9-12)22-8-5-13(23)17(10-22)6-2-7-18-16(17)24/h3-4,9,13,23H,2,5-8,10H2,1H3,(H,18,24)/t13-,17-/m1/s1. The molecule has 0 aliphatic carbocycles. The minimum absolute atomic E-state index is 0.0473. The molecule has 0 bridgehead atoms. The SMILES string of the molecule is Cc1noc(-c2ccc(N3CC[C@@H](O)[C@@]4(CCCNC4=O)C3)nc2)n1. The average molecular weight is 343 g/mol. The van der Waals surface area contributed by atoms with Gasteiger partial charge in [0.05, 0.1) is 17.1 Å². The molecule has 4 heterocycles. The molecule has 1 amide bonds. The van der Waals surface area contributed by atoms with Gasteiger partial charge >= 0.3 is 0 Å². The Kier molecular flexibility index (Phi) is 3.91. The van der Waals surface area contributed by atoms with Crippen LogP contribution in [0.15, 0.2) is 22.9 Å². The molecule has 0 radical (unpaired) electrons. The summed E-state index contributed by atoms with van der Waals surface area (Å²) in [6.45, 7) is 3.60. The minimum atomic E-state index is -0.736. The van der Waals surface area contributed by atoms with Crippen LogP contribution in [0, 0.1) is 12.3 Å². The fourth-order valence-electron chi connectivity index (χ4n) is 3.75. The topological polar surface area (TPSA) is 104 Å². The van der Waals surface area contributed by atoms with Gasteiger partial charge in [-0.05, 0) is 38.3 Å². The number of carbonyl (C=O) groups excluding carboxylic acids is 1. The number of aliphatic hydroxyl groups excluding tert-OH is 1. The van der Waals surface area contributed by atoms with Crippen molar-refractivity contribution < 1.29 is 14.4 Å². The van der Waals surface area contributed by atoms with Crippen LogP contribution < -0.4 is 10.2 Å². The van der Waals surface area contributed by atoms with Crippen LogP contribution in [-0.4, -0.2) is 51.9 Å². The number of anilines is 1. The van der Waals surface area contributed by atoms with Crippen molar-refractivity contribution in [3.63, 3.8) is 0 Å². The second-order valence-corrected chi connectivity index (χ2v) is 6.79. The Labute approximate surface area is 145 Å². The number of hydrogen-bond acceptors (Lipinski definition) is 7. The Morgan fingerprint density at radius 1 is 1.44 bits per heavy atom. The van der Waals surface area contributed by atoms with E-state index in [4.69, 9.17) is 4.52 Å². The van der Waals surface area contributed by atoms with Crippen molar-refractivity contribution in [2.45, 2.75) is 32.3 Å². The van der Waals surface area contributed by atoms with Crippen LogP contribution in [0.5, 0.6) is 0 Å². The lowest BCUT2D eigenvalue weighted by Gasteiger charge is -2.47. The number of piperidine rings is 2. The first-order valence-corrected chi connectivity index (χ1v) is 8.56. The molecular weight excluding hydrogens is 322 g/mol. The second kappa shape index (κ2) is 6.11. The molecule has 0 aromatic carbocycles. The number of hydrogen-bond donors (Lipinski definition) is 2. The highest BCUT2D eigenvalue weighted by molar-refractivity contribution is 5.85. The summed E-state index contributed by atoms with van der Waals surface area (Å²) < 4.78 is 5.15. The van der Waals surface area contributed by atoms with E-state index < -0.39 is 11.5 Å². The van der Waals surface area contributed by atoms with Gasteiger partial charge in [0.1, 0.15) is 5.82 Å². The van der Waals surface area contributed by atoms with E-state index in [2.05, 4.69) is 25.3 Å². The monoisotopic (exact) mass is 343 g/mol. The quantitative estimate of drug-likeness (QED) is 0.835. The number of pyridine rings is 1. The van der Waals surface area contributed by atoms with E-state index in [1.165, 1.54) is 0 Å². The molecule has 2 fully saturated rings. The predicted octanol–water partition coefficient (Wildman–Crippen LogP) is 0.907. The molecule has 2 aromatic rings. The third kappa shape index (κ3) is 2.76. The molecule has 0 saturated carbocycles. The number of nitrogens with one attached hydrogen (secondary N) is 1. The first-order valence-electron chi connectivity index (χ1n) is 8.56. The molecule has 25 heavy (non-hydrogen) atoms. The molecule has 1 spiro atoms. The van der Waals surface area contributed by atoms with Gasteiger partial charge in [-0.3, -0.25) is 4.79 Å². The molecule has 2 aromatic heterocycles. The summed E-state index contributed by atoms with van der Waals surface area (Å²) in [5, 5.41) is 17.2. The van der Waals surface area contributed by atoms with Crippen LogP contribution in [0.25, 0.3) is 11.5 Å². The molecule has 4 rings (SSSR count). The Morgan fingerprint density at radius 3 is 3.00 bits per heavy atom. The van der Waals surface area contributed by atoms with Gasteiger partial charge in [-0.15, -0.1) is 0 Å². The zero-order valence-electron chi connectivity index (χ0n) is 14.1. The highest BCUT2D eigenvalue weighted by Crippen LogP contribution is 2.38. The zero-order chi connectivity index (χ0) is 17.4. The van der Waals surface area contributed by atoms with Gasteiger partial charge in [0.25, 0.3) is 5.89 Å². The van der Waals surface area contributed by atoms with E-state index in [0.717, 1.165) is 17.8 Å². The second-order valence-electron chi connectivity index (χ2n) is 6.79. The maximum absolute atomic E-state index is 12.5. The lowest BCUT2D eigenvalue weighted by atomic mass is 9.71. The van der Waals surface area contributed by atoms with Crippen LogP contribution in [0.1, 0.15) is 25.1 Å². The van der Waals surface area contributed by atoms with E-state index in [-0.39, 0.29) is 5.91 Å². The zero-order valence-corrected chi connectivity index (χ0v) is 14.1. The van der Waals surface area contributed by atoms with Crippen LogP contribution in [0.2, 0.25) is 0 Å². The van der Waals surface area contributed by atoms with E-state index in [0.29, 0.717) is 44.2 Å². The van der Waals surface area contributed by atoms with Gasteiger partial charge in [-0.1, -0.05) is 5.16 Å². The number of aryl methyl sites for hydroxylation is 1. The number of nitrogens with zero attached hydrogens (tertiary/aromatic N) is 4. The number of aromatic nitrogens is 3. The summed E-state index contributed by atoms with van der Waals surface area (Å²) in [5.74, 6) is 1.75. The average Bonchev–Trinajstić information content (AvgIpc) is 3.06. The minimum Gasteiger partial charge on any atom is -0.392 e. The molecule has 2 aliphatic rings. The van der Waals surface area contributed by atoms with Crippen molar-refractivity contribution in [3.05, 3.63) is 24.2 Å². The van der Waals surface area contributed by atoms with Gasteiger partial charge in [0.15, 0.2) is 5.82 Å². The molecule has 8 heteroatoms. The highest BCUT2D eigenvalue weighted by atomic mass is 16.5. The maximum atomic E-state index is 12.5. The van der Waals surface area contributed by atoms with Crippen LogP contribution in [-0.2, 0) is 4.79 Å². The largest absolute Gasteiger partial charge is 0.392 e. The lowest BCUT2D eigenvalue weighted by Crippen LogP contribution is -2.61. The molecule has 132 valence electrons. The van der Waals surface area contributed by atoms with Crippen molar-refractivity contribution >= 4 is 11.7 Å². The van der Waals surface area contributed by atoms with E-state index in [9.17, 15) is 9.90 Å². The Bertz CT molecular complexity index is 775. The summed E-state index contributed by atoms with van der Waals surface area (Å²) in [6.07, 6.45) is 3.24. The summed E-state index contributed by atoms with van der Waals surface area (Å²) in [5.41, 5.74) is 0.0204. The smallest absolute Gasteiger partial charge is 0.259 e. The normalized spacial score (nSPS) is 26.7. The van der Waals surface area contributed by atoms with E-state index in [1.54, 1.807) is 13.1 Å². The molecule has 2 atom stereocenters. The van der Waals surface area contributed by atoms with Crippen LogP contribution >= 0.6 is 0 Å². The maximum Gasteiger partial charge on any atom is 0.259 e. The van der Waals surface area contributed by atoms with Crippen molar-refractivity contribution in [1.82, 2.24) is 20.4 Å². The lowest BCUT2D eigenvalue weighted by molar-refractivity contribution is -0.142. The van der Waals surface area contributed by atoms with Gasteiger partial charge in [0, 0.05) is 25.8 Å². The predicted molar refractivity (Wildman–Crippen MR) is 89.8 cm³/mol. The molecule has 2 N–H and O–H groups in total. The van der Waals surface area contributed by atoms with Crippen LogP contribution in [0.3, 0.4) is 0 Å². The van der Waals surface area contributed by atoms with E-state index >= 15 is 0 Å². The number of aliphatic hydroxyl groups is 1. The Morgan fingerprint density at radius 2 is 2.32 bits per heavy atom. The van der Waals surface area contributed by atoms with Crippen molar-refractivity contribution in [3.8, 4) is 11.5 Å². The van der Waals surface area contributed by atoms with Gasteiger partial charge in [-0.2, -0.15) is 4.98 Å². The Balaban J connectivity index is 1.56. The van der Waals surface area contributed by atoms with Gasteiger partial charge in [-0.25, -0.2) is 4.98 Å². The molecular formula is C17H21N5O3. The third-order valence-electron chi connectivity index (χ3n) is 5.17. The molecule has 2 aliphatic heterocycles. The number of amides is 1. The fraction of sp³-hybridized carbons (Fsp3) is 0.529. The Hall–Kier alpha value is -2.48. The summed E-state index contributed by atoms with van der Waals surface area (Å²) in [4.78, 5) is 23.2. The number of carbonyl (C=O) groups is 1. The molecule has 0 unspecified atom stereocenters.